The number of aromatic nitrogens is 5. The summed E-state index contributed by atoms with van der Waals surface area (Å²) in [6.07, 6.45) is 8.96. The van der Waals surface area contributed by atoms with Crippen molar-refractivity contribution >= 4 is 98.7 Å². The number of amides is 3. The smallest absolute Gasteiger partial charge is 0.335 e. The zero-order chi connectivity index (χ0) is 50.6. The largest absolute Gasteiger partial charge is 0.778 e. The fourth-order valence-electron chi connectivity index (χ4n) is 4.71. The lowest BCUT2D eigenvalue weighted by Crippen LogP contribution is -2.36. The van der Waals surface area contributed by atoms with Gasteiger partial charge in [-0.3, -0.25) is 34.5 Å². The number of carboxylic acids is 1. The van der Waals surface area contributed by atoms with Crippen LogP contribution >= 0.6 is 42.3 Å². The summed E-state index contributed by atoms with van der Waals surface area (Å²) in [5.74, 6) is -2.76. The van der Waals surface area contributed by atoms with Crippen molar-refractivity contribution < 1.29 is 65.7 Å². The van der Waals surface area contributed by atoms with Gasteiger partial charge in [0, 0.05) is 38.3 Å². The third-order valence-corrected chi connectivity index (χ3v) is 11.7. The van der Waals surface area contributed by atoms with Gasteiger partial charge in [-0.2, -0.15) is 18.4 Å². The SMILES string of the molecule is COC(=O)CSc1cc(N=c2sc(=O)n3n2CCCC3)c(F)cc1Cl.COc1cc(OC)nc(NC(=O)NS(=O)(=O)c2ncccc2C(=O)N(C)C)n1.C[S+](C)C.O=C(O)CNCP(=O)([O-])O. The maximum Gasteiger partial charge on any atom is 0.335 e. The highest BCUT2D eigenvalue weighted by Crippen LogP contribution is 2.33. The van der Waals surface area contributed by atoms with E-state index < -0.39 is 65.2 Å². The number of sulfonamides is 1. The number of aliphatic carboxylic acids is 1. The molecule has 5 N–H and O–H groups in total. The standard InChI is InChI=1S/C15H15ClFN3O3S2.C15H18N6O6S.C3H8NO5P.C3H9S/c1-23-13(21)8-24-12-7-11(10(17)6-9(12)16)18-14-19-4-2-3-5-20(19)15(22)25-14;1-21(2)13(22)9-6-5-7-16-12(9)28(24,25)20-15(23)19-14-17-10(26-3)8-11(18-14)27-4;5-3(6)1-4-2-10(7,8)9;1-4(2)3/h6-7H,2-5,8H2,1H3;5-8H,1-4H3,(H2,17,18,19,20,23);4H,1-2H2,(H,5,6)(H2,7,8,9);1-3H3/q;;;+1/p-1. The molecular weight excluding hydrogens is 1010 g/mol. The second-order valence-corrected chi connectivity index (χ2v) is 21.5. The Labute approximate surface area is 399 Å². The number of rotatable bonds is 14. The van der Waals surface area contributed by atoms with E-state index in [4.69, 9.17) is 31.1 Å². The minimum absolute atomic E-state index is 0.0605. The molecule has 4 aromatic rings. The van der Waals surface area contributed by atoms with Crippen LogP contribution in [-0.2, 0) is 52.9 Å². The summed E-state index contributed by atoms with van der Waals surface area (Å²) in [5, 5.41) is 11.7. The highest BCUT2D eigenvalue weighted by molar-refractivity contribution is 8.00. The van der Waals surface area contributed by atoms with E-state index in [1.807, 2.05) is 5.32 Å². The van der Waals surface area contributed by atoms with Crippen molar-refractivity contribution in [3.63, 3.8) is 0 Å². The quantitative estimate of drug-likeness (QED) is 0.0518. The Hall–Kier alpha value is -5.13. The number of pyridine rings is 1. The van der Waals surface area contributed by atoms with Gasteiger partial charge < -0.3 is 38.6 Å². The normalized spacial score (nSPS) is 12.8. The van der Waals surface area contributed by atoms with Crippen LogP contribution in [0.15, 0.2) is 56.2 Å². The third-order valence-electron chi connectivity index (χ3n) is 7.48. The molecular formula is C36H49ClFN10O14PS4. The predicted octanol–water partition coefficient (Wildman–Crippen LogP) is 1.55. The van der Waals surface area contributed by atoms with E-state index in [0.29, 0.717) is 33.7 Å². The molecule has 1 aromatic carbocycles. The number of esters is 1. The van der Waals surface area contributed by atoms with Crippen LogP contribution in [0, 0.1) is 5.82 Å². The Balaban J connectivity index is 0.000000361. The summed E-state index contributed by atoms with van der Waals surface area (Å²) < 4.78 is 68.9. The number of nitrogens with zero attached hydrogens (tertiary/aromatic N) is 7. The molecule has 31 heteroatoms. The van der Waals surface area contributed by atoms with Gasteiger partial charge >= 0.3 is 22.8 Å². The molecule has 5 rings (SSSR count). The van der Waals surface area contributed by atoms with E-state index in [1.54, 1.807) is 14.1 Å². The lowest BCUT2D eigenvalue weighted by Gasteiger charge is -2.15. The van der Waals surface area contributed by atoms with Gasteiger partial charge in [-0.15, -0.1) is 11.8 Å². The van der Waals surface area contributed by atoms with Crippen molar-refractivity contribution in [2.75, 3.05) is 78.1 Å². The summed E-state index contributed by atoms with van der Waals surface area (Å²) in [6, 6.07) is 5.55. The summed E-state index contributed by atoms with van der Waals surface area (Å²) in [6.45, 7) is 0.845. The minimum Gasteiger partial charge on any atom is -0.778 e. The molecule has 67 heavy (non-hydrogen) atoms. The molecule has 0 fully saturated rings. The van der Waals surface area contributed by atoms with Crippen molar-refractivity contribution in [1.82, 2.24) is 39.3 Å². The van der Waals surface area contributed by atoms with Crippen LogP contribution in [0.25, 0.3) is 0 Å². The maximum atomic E-state index is 14.3. The van der Waals surface area contributed by atoms with Crippen molar-refractivity contribution in [3.8, 4) is 11.8 Å². The van der Waals surface area contributed by atoms with Gasteiger partial charge in [0.25, 0.3) is 15.9 Å². The Bertz CT molecular complexity index is 2620. The number of anilines is 1. The van der Waals surface area contributed by atoms with Crippen molar-refractivity contribution in [3.05, 3.63) is 67.4 Å². The summed E-state index contributed by atoms with van der Waals surface area (Å²) in [7, 11) is -1.26. The lowest BCUT2D eigenvalue weighted by molar-refractivity contribution is -0.193. The third kappa shape index (κ3) is 20.3. The zero-order valence-corrected chi connectivity index (χ0v) is 42.1. The number of thioether (sulfide) groups is 1. The van der Waals surface area contributed by atoms with Gasteiger partial charge in [0.05, 0.1) is 75.3 Å². The van der Waals surface area contributed by atoms with Crippen LogP contribution in [0.4, 0.5) is 20.8 Å². The average molecular weight is 1060 g/mol. The molecule has 24 nitrogen and oxygen atoms in total. The first-order valence-corrected chi connectivity index (χ1v) is 26.7. The highest BCUT2D eigenvalue weighted by atomic mass is 35.5. The second kappa shape index (κ2) is 27.6. The first kappa shape index (κ1) is 58.0. The number of methoxy groups -OCH3 is 3. The number of hydrogen-bond donors (Lipinski definition) is 5. The van der Waals surface area contributed by atoms with Crippen LogP contribution in [-0.4, -0.2) is 144 Å². The molecule has 0 spiro atoms. The van der Waals surface area contributed by atoms with E-state index in [1.165, 1.54) is 70.8 Å². The number of carbonyl (C=O) groups is 4. The van der Waals surface area contributed by atoms with Crippen molar-refractivity contribution in [2.24, 2.45) is 4.99 Å². The fraction of sp³-hybridized carbons (Fsp3) is 0.417. The molecule has 1 aliphatic heterocycles. The number of nitrogens with one attached hydrogen (secondary N) is 3. The molecule has 1 unspecified atom stereocenters. The molecule has 3 aromatic heterocycles. The first-order valence-electron chi connectivity index (χ1n) is 18.8. The topological polar surface area (TPSA) is 328 Å². The summed E-state index contributed by atoms with van der Waals surface area (Å²) >= 11 is 8.17. The minimum atomic E-state index is -4.46. The Morgan fingerprint density at radius 3 is 2.21 bits per heavy atom. The zero-order valence-electron chi connectivity index (χ0n) is 37.2. The van der Waals surface area contributed by atoms with Gasteiger partial charge in [-0.25, -0.2) is 28.6 Å². The van der Waals surface area contributed by atoms with Crippen molar-refractivity contribution in [1.29, 1.82) is 0 Å². The monoisotopic (exact) mass is 1060 g/mol. The van der Waals surface area contributed by atoms with Crippen LogP contribution in [0.5, 0.6) is 11.8 Å². The molecule has 0 saturated heterocycles. The van der Waals surface area contributed by atoms with Crippen LogP contribution in [0.3, 0.4) is 0 Å². The highest BCUT2D eigenvalue weighted by Gasteiger charge is 2.27. The first-order chi connectivity index (χ1) is 31.3. The van der Waals surface area contributed by atoms with Gasteiger partial charge in [0.1, 0.15) is 19.1 Å². The van der Waals surface area contributed by atoms with E-state index in [-0.39, 0.29) is 44.6 Å². The van der Waals surface area contributed by atoms with Gasteiger partial charge in [0.15, 0.2) is 5.03 Å². The van der Waals surface area contributed by atoms with E-state index >= 15 is 0 Å². The number of carboxylic acid groups (broad SMARTS) is 1. The molecule has 0 saturated carbocycles. The van der Waals surface area contributed by atoms with Gasteiger partial charge in [0.2, 0.25) is 22.5 Å². The Morgan fingerprint density at radius 2 is 1.67 bits per heavy atom. The summed E-state index contributed by atoms with van der Waals surface area (Å²) in [4.78, 5) is 93.2. The number of hydrogen-bond acceptors (Lipinski definition) is 19. The maximum absolute atomic E-state index is 14.3. The summed E-state index contributed by atoms with van der Waals surface area (Å²) in [5.41, 5.74) is -0.105. The molecule has 3 amide bonds. The average Bonchev–Trinajstić information content (AvgIpc) is 3.57. The molecule has 1 aliphatic rings. The fourth-order valence-corrected chi connectivity index (χ4v) is 8.13. The Kier molecular flexibility index (Phi) is 23.9. The Morgan fingerprint density at radius 1 is 1.07 bits per heavy atom. The van der Waals surface area contributed by atoms with Crippen LogP contribution in [0.2, 0.25) is 5.02 Å². The molecule has 0 aliphatic carbocycles. The van der Waals surface area contributed by atoms with Crippen molar-refractivity contribution in [2.45, 2.75) is 35.9 Å². The molecule has 4 heterocycles. The van der Waals surface area contributed by atoms with Crippen LogP contribution in [0.1, 0.15) is 23.2 Å². The van der Waals surface area contributed by atoms with Gasteiger partial charge in [-0.1, -0.05) is 11.6 Å². The number of ether oxygens (including phenoxy) is 3. The molecule has 1 atom stereocenters. The number of fused-ring (bicyclic) bond motifs is 1. The van der Waals surface area contributed by atoms with Gasteiger partial charge in [-0.05, 0) is 59.3 Å². The van der Waals surface area contributed by atoms with E-state index in [9.17, 15) is 46.2 Å². The second-order valence-electron chi connectivity index (χ2n) is 13.5. The number of urea groups is 1. The van der Waals surface area contributed by atoms with E-state index in [0.717, 1.165) is 42.0 Å². The molecule has 0 radical (unpaired) electrons. The predicted molar refractivity (Wildman–Crippen MR) is 247 cm³/mol. The number of halogens is 2. The lowest BCUT2D eigenvalue weighted by atomic mass is 10.2. The number of benzene rings is 1. The van der Waals surface area contributed by atoms with Crippen LogP contribution < -0.4 is 39.4 Å². The number of carbonyl (C=O) groups excluding carboxylic acids is 3. The van der Waals surface area contributed by atoms with E-state index in [2.05, 4.69) is 48.8 Å². The molecule has 0 bridgehead atoms. The molecule has 370 valence electrons.